The van der Waals surface area contributed by atoms with Crippen molar-refractivity contribution in [3.05, 3.63) is 35.9 Å². The maximum atomic E-state index is 6.04. The number of hydrogen-bond donors (Lipinski definition) is 1. The van der Waals surface area contributed by atoms with E-state index in [1.807, 2.05) is 18.2 Å². The molecule has 0 amide bonds. The van der Waals surface area contributed by atoms with E-state index in [1.165, 1.54) is 0 Å². The first kappa shape index (κ1) is 13.8. The van der Waals surface area contributed by atoms with Crippen LogP contribution < -0.4 is 5.73 Å². The molecule has 1 atom stereocenters. The number of rotatable bonds is 5. The number of nitrogens with zero attached hydrogens (tertiary/aromatic N) is 2. The van der Waals surface area contributed by atoms with Crippen LogP contribution in [-0.4, -0.2) is 36.7 Å². The molecule has 1 heterocycles. The molecule has 4 nitrogen and oxygen atoms in total. The Hall–Kier alpha value is -1.65. The summed E-state index contributed by atoms with van der Waals surface area (Å²) in [4.78, 5) is 6.67. The zero-order valence-corrected chi connectivity index (χ0v) is 11.8. The minimum atomic E-state index is 0.343. The van der Waals surface area contributed by atoms with Crippen LogP contribution in [0.25, 0.3) is 10.9 Å². The van der Waals surface area contributed by atoms with Crippen LogP contribution in [-0.2, 0) is 11.3 Å². The lowest BCUT2D eigenvalue weighted by Crippen LogP contribution is -2.32. The summed E-state index contributed by atoms with van der Waals surface area (Å²) in [5, 5.41) is 1.12. The lowest BCUT2D eigenvalue weighted by atomic mass is 10.1. The molecule has 4 heteroatoms. The highest BCUT2D eigenvalue weighted by molar-refractivity contribution is 5.81. The Morgan fingerprint density at radius 3 is 2.84 bits per heavy atom. The number of aromatic nitrogens is 1. The van der Waals surface area contributed by atoms with Gasteiger partial charge in [0.2, 0.25) is 0 Å². The summed E-state index contributed by atoms with van der Waals surface area (Å²) in [5.41, 5.74) is 8.04. The first-order valence-corrected chi connectivity index (χ1v) is 6.45. The van der Waals surface area contributed by atoms with Gasteiger partial charge in [0.05, 0.1) is 12.1 Å². The second-order valence-corrected chi connectivity index (χ2v) is 4.94. The van der Waals surface area contributed by atoms with Crippen molar-refractivity contribution in [3.8, 4) is 0 Å². The number of methoxy groups -OCH3 is 1. The van der Waals surface area contributed by atoms with Gasteiger partial charge >= 0.3 is 0 Å². The quantitative estimate of drug-likeness (QED) is 0.895. The molecule has 2 N–H and O–H groups in total. The molecule has 0 spiro atoms. The number of nitrogens with two attached hydrogens (primary N) is 1. The fourth-order valence-electron chi connectivity index (χ4n) is 2.09. The van der Waals surface area contributed by atoms with E-state index in [2.05, 4.69) is 36.0 Å². The van der Waals surface area contributed by atoms with Crippen molar-refractivity contribution in [3.63, 3.8) is 0 Å². The van der Waals surface area contributed by atoms with Gasteiger partial charge in [-0.2, -0.15) is 0 Å². The molecule has 102 valence electrons. The molecular weight excluding hydrogens is 238 g/mol. The van der Waals surface area contributed by atoms with Gasteiger partial charge in [-0.1, -0.05) is 18.2 Å². The van der Waals surface area contributed by atoms with Gasteiger partial charge in [-0.15, -0.1) is 0 Å². The zero-order chi connectivity index (χ0) is 13.8. The molecule has 0 aliphatic heterocycles. The highest BCUT2D eigenvalue weighted by Crippen LogP contribution is 2.19. The van der Waals surface area contributed by atoms with Crippen molar-refractivity contribution in [2.75, 3.05) is 26.5 Å². The van der Waals surface area contributed by atoms with Crippen LogP contribution in [0.3, 0.4) is 0 Å². The van der Waals surface area contributed by atoms with Gasteiger partial charge in [-0.3, -0.25) is 4.90 Å². The van der Waals surface area contributed by atoms with E-state index in [0.717, 1.165) is 23.0 Å². The topological polar surface area (TPSA) is 51.4 Å². The smallest absolute Gasteiger partial charge is 0.128 e. The number of pyridine rings is 1. The average Bonchev–Trinajstić information content (AvgIpc) is 2.39. The standard InChI is InChI=1S/C15H21N3O/c1-11(10-19-3)18(2)9-13-8-12-6-4-5-7-14(12)17-15(13)16/h4-8,11H,9-10H2,1-3H3,(H2,16,17). The Kier molecular flexibility index (Phi) is 4.35. The molecular formula is C15H21N3O. The van der Waals surface area contributed by atoms with Crippen molar-refractivity contribution in [1.29, 1.82) is 0 Å². The van der Waals surface area contributed by atoms with E-state index >= 15 is 0 Å². The third-order valence-electron chi connectivity index (χ3n) is 3.42. The van der Waals surface area contributed by atoms with Crippen molar-refractivity contribution in [1.82, 2.24) is 9.88 Å². The fraction of sp³-hybridized carbons (Fsp3) is 0.400. The number of anilines is 1. The van der Waals surface area contributed by atoms with Gasteiger partial charge in [0.1, 0.15) is 5.82 Å². The molecule has 0 aliphatic rings. The average molecular weight is 259 g/mol. The minimum Gasteiger partial charge on any atom is -0.383 e. The minimum absolute atomic E-state index is 0.343. The predicted octanol–water partition coefficient (Wildman–Crippen LogP) is 2.28. The molecule has 1 aromatic heterocycles. The molecule has 0 bridgehead atoms. The van der Waals surface area contributed by atoms with Crippen molar-refractivity contribution >= 4 is 16.7 Å². The molecule has 0 saturated heterocycles. The van der Waals surface area contributed by atoms with Gasteiger partial charge in [0.15, 0.2) is 0 Å². The van der Waals surface area contributed by atoms with Crippen LogP contribution in [0.2, 0.25) is 0 Å². The maximum Gasteiger partial charge on any atom is 0.128 e. The van der Waals surface area contributed by atoms with E-state index in [-0.39, 0.29) is 0 Å². The Bertz CT molecular complexity index is 556. The number of likely N-dealkylation sites (N-methyl/N-ethyl adjacent to an activating group) is 1. The van der Waals surface area contributed by atoms with Crippen molar-refractivity contribution in [2.45, 2.75) is 19.5 Å². The van der Waals surface area contributed by atoms with E-state index < -0.39 is 0 Å². The normalized spacial score (nSPS) is 13.1. The summed E-state index contributed by atoms with van der Waals surface area (Å²) in [6.45, 7) is 3.61. The summed E-state index contributed by atoms with van der Waals surface area (Å²) >= 11 is 0. The summed E-state index contributed by atoms with van der Waals surface area (Å²) in [5.74, 6) is 0.607. The summed E-state index contributed by atoms with van der Waals surface area (Å²) < 4.78 is 5.17. The molecule has 0 aliphatic carbocycles. The van der Waals surface area contributed by atoms with Crippen LogP contribution in [0.5, 0.6) is 0 Å². The monoisotopic (exact) mass is 259 g/mol. The second-order valence-electron chi connectivity index (χ2n) is 4.94. The van der Waals surface area contributed by atoms with E-state index in [9.17, 15) is 0 Å². The predicted molar refractivity (Wildman–Crippen MR) is 79.0 cm³/mol. The third kappa shape index (κ3) is 3.22. The van der Waals surface area contributed by atoms with Gasteiger partial charge in [-0.25, -0.2) is 4.98 Å². The van der Waals surface area contributed by atoms with Crippen LogP contribution >= 0.6 is 0 Å². The number of nitrogen functional groups attached to an aromatic ring is 1. The second kappa shape index (κ2) is 5.99. The fourth-order valence-corrected chi connectivity index (χ4v) is 2.09. The molecule has 1 unspecified atom stereocenters. The van der Waals surface area contributed by atoms with E-state index in [1.54, 1.807) is 7.11 Å². The SMILES string of the molecule is COCC(C)N(C)Cc1cc2ccccc2nc1N. The van der Waals surface area contributed by atoms with Crippen LogP contribution in [0.15, 0.2) is 30.3 Å². The number of fused-ring (bicyclic) bond motifs is 1. The molecule has 2 rings (SSSR count). The van der Waals surface area contributed by atoms with E-state index in [4.69, 9.17) is 10.5 Å². The van der Waals surface area contributed by atoms with Crippen LogP contribution in [0.4, 0.5) is 5.82 Å². The Balaban J connectivity index is 2.22. The molecule has 1 aromatic carbocycles. The molecule has 19 heavy (non-hydrogen) atoms. The summed E-state index contributed by atoms with van der Waals surface area (Å²) in [6, 6.07) is 10.5. The van der Waals surface area contributed by atoms with Crippen molar-refractivity contribution in [2.24, 2.45) is 0 Å². The Morgan fingerprint density at radius 1 is 1.37 bits per heavy atom. The number of para-hydroxylation sites is 1. The summed E-state index contributed by atoms with van der Waals surface area (Å²) in [7, 11) is 3.79. The Morgan fingerprint density at radius 2 is 2.11 bits per heavy atom. The zero-order valence-electron chi connectivity index (χ0n) is 11.8. The first-order chi connectivity index (χ1) is 9.11. The number of benzene rings is 1. The van der Waals surface area contributed by atoms with E-state index in [0.29, 0.717) is 18.5 Å². The molecule has 2 aromatic rings. The number of ether oxygens (including phenoxy) is 1. The summed E-state index contributed by atoms with van der Waals surface area (Å²) in [6.07, 6.45) is 0. The van der Waals surface area contributed by atoms with Gasteiger partial charge < -0.3 is 10.5 Å². The largest absolute Gasteiger partial charge is 0.383 e. The van der Waals surface area contributed by atoms with Gasteiger partial charge in [0, 0.05) is 30.6 Å². The maximum absolute atomic E-state index is 6.04. The highest BCUT2D eigenvalue weighted by Gasteiger charge is 2.12. The molecule has 0 saturated carbocycles. The lowest BCUT2D eigenvalue weighted by Gasteiger charge is -2.24. The van der Waals surface area contributed by atoms with Gasteiger partial charge in [-0.05, 0) is 26.1 Å². The van der Waals surface area contributed by atoms with Crippen LogP contribution in [0.1, 0.15) is 12.5 Å². The molecule has 0 fully saturated rings. The lowest BCUT2D eigenvalue weighted by molar-refractivity contribution is 0.112. The number of hydrogen-bond acceptors (Lipinski definition) is 4. The third-order valence-corrected chi connectivity index (χ3v) is 3.42. The Labute approximate surface area is 114 Å². The van der Waals surface area contributed by atoms with Crippen molar-refractivity contribution < 1.29 is 4.74 Å². The first-order valence-electron chi connectivity index (χ1n) is 6.45. The van der Waals surface area contributed by atoms with Crippen LogP contribution in [0, 0.1) is 0 Å². The molecule has 0 radical (unpaired) electrons. The van der Waals surface area contributed by atoms with Gasteiger partial charge in [0.25, 0.3) is 0 Å². The highest BCUT2D eigenvalue weighted by atomic mass is 16.5.